The summed E-state index contributed by atoms with van der Waals surface area (Å²) in [5.74, 6) is 0.993. The van der Waals surface area contributed by atoms with Crippen LogP contribution in [-0.2, 0) is 26.7 Å². The summed E-state index contributed by atoms with van der Waals surface area (Å²) in [6.07, 6.45) is 2.51. The van der Waals surface area contributed by atoms with Gasteiger partial charge in [0.1, 0.15) is 5.75 Å². The minimum atomic E-state index is -3.67. The van der Waals surface area contributed by atoms with Crippen LogP contribution < -0.4 is 4.74 Å². The van der Waals surface area contributed by atoms with E-state index in [1.54, 1.807) is 0 Å². The first kappa shape index (κ1) is 29.6. The van der Waals surface area contributed by atoms with Gasteiger partial charge in [0.25, 0.3) is 20.2 Å². The Morgan fingerprint density at radius 3 is 2.09 bits per heavy atom. The van der Waals surface area contributed by atoms with Gasteiger partial charge in [-0.15, -0.1) is 0 Å². The first-order valence-corrected chi connectivity index (χ1v) is 15.6. The average Bonchev–Trinajstić information content (AvgIpc) is 2.89. The second kappa shape index (κ2) is 13.0. The van der Waals surface area contributed by atoms with E-state index in [-0.39, 0.29) is 0 Å². The molecule has 0 amide bonds. The van der Waals surface area contributed by atoms with Crippen LogP contribution in [0.2, 0.25) is 0 Å². The Kier molecular flexibility index (Phi) is 11.0. The van der Waals surface area contributed by atoms with E-state index < -0.39 is 20.2 Å². The minimum absolute atomic E-state index is 0.431. The molecule has 35 heavy (non-hydrogen) atoms. The Morgan fingerprint density at radius 1 is 0.943 bits per heavy atom. The molecule has 1 atom stereocenters. The second-order valence-electron chi connectivity index (χ2n) is 8.37. The van der Waals surface area contributed by atoms with Crippen molar-refractivity contribution in [2.45, 2.75) is 29.2 Å². The average molecular weight is 547 g/mol. The van der Waals surface area contributed by atoms with Crippen molar-refractivity contribution in [3.8, 4) is 5.75 Å². The zero-order valence-electron chi connectivity index (χ0n) is 20.4. The quantitative estimate of drug-likeness (QED) is 0.555. The van der Waals surface area contributed by atoms with Gasteiger partial charge in [0.15, 0.2) is 0 Å². The van der Waals surface area contributed by atoms with Crippen molar-refractivity contribution in [1.29, 1.82) is 0 Å². The third kappa shape index (κ3) is 11.3. The first-order valence-electron chi connectivity index (χ1n) is 11.0. The number of hydrogen-bond donors (Lipinski definition) is 2. The molecule has 196 valence electrons. The van der Waals surface area contributed by atoms with Gasteiger partial charge < -0.3 is 9.64 Å². The van der Waals surface area contributed by atoms with Crippen LogP contribution in [0.25, 0.3) is 0 Å². The molecule has 2 aromatic rings. The molecule has 0 saturated carbocycles. The molecule has 1 saturated heterocycles. The summed E-state index contributed by atoms with van der Waals surface area (Å²) >= 11 is 1.91. The number of likely N-dealkylation sites (N-methyl/N-ethyl adjacent to an activating group) is 1. The molecule has 0 radical (unpaired) electrons. The normalized spacial score (nSPS) is 18.5. The Labute approximate surface area is 213 Å². The van der Waals surface area contributed by atoms with Gasteiger partial charge in [0.05, 0.1) is 19.1 Å². The maximum absolute atomic E-state index is 9.19. The highest BCUT2D eigenvalue weighted by atomic mass is 32.2. The van der Waals surface area contributed by atoms with Gasteiger partial charge in [0, 0.05) is 42.0 Å². The Bertz CT molecular complexity index is 1130. The molecule has 2 N–H and O–H groups in total. The number of benzene rings is 2. The van der Waals surface area contributed by atoms with E-state index in [1.807, 2.05) is 18.7 Å². The summed E-state index contributed by atoms with van der Waals surface area (Å²) in [4.78, 5) is 7.85. The van der Waals surface area contributed by atoms with E-state index in [0.29, 0.717) is 25.2 Å². The highest BCUT2D eigenvalue weighted by Crippen LogP contribution is 2.44. The maximum atomic E-state index is 9.19. The summed E-state index contributed by atoms with van der Waals surface area (Å²) < 4.78 is 57.5. The summed E-state index contributed by atoms with van der Waals surface area (Å²) in [7, 11) is -5.11. The van der Waals surface area contributed by atoms with Crippen molar-refractivity contribution in [3.63, 3.8) is 0 Å². The van der Waals surface area contributed by atoms with Gasteiger partial charge in [0.2, 0.25) is 0 Å². The lowest BCUT2D eigenvalue weighted by atomic mass is 9.96. The number of ether oxygens (including phenoxy) is 1. The smallest absolute Gasteiger partial charge is 0.261 e. The van der Waals surface area contributed by atoms with Crippen LogP contribution in [0.4, 0.5) is 0 Å². The molecular formula is C23H34N2O7S3. The molecule has 0 spiro atoms. The summed E-state index contributed by atoms with van der Waals surface area (Å²) in [6, 6.07) is 15.9. The van der Waals surface area contributed by atoms with E-state index in [2.05, 4.69) is 59.3 Å². The Morgan fingerprint density at radius 2 is 1.51 bits per heavy atom. The van der Waals surface area contributed by atoms with E-state index in [4.69, 9.17) is 13.8 Å². The first-order chi connectivity index (χ1) is 16.2. The predicted molar refractivity (Wildman–Crippen MR) is 139 cm³/mol. The molecular weight excluding hydrogens is 512 g/mol. The number of nitrogens with zero attached hydrogens (tertiary/aromatic N) is 2. The SMILES string of the molecule is CCOc1ccc2c(c1)C(N1CCN(C)CC1)Cc1ccccc1S2.CS(=O)(=O)O.CS(=O)(=O)O. The van der Waals surface area contributed by atoms with Gasteiger partial charge in [-0.1, -0.05) is 30.0 Å². The minimum Gasteiger partial charge on any atom is -0.494 e. The lowest BCUT2D eigenvalue weighted by molar-refractivity contribution is 0.109. The summed E-state index contributed by atoms with van der Waals surface area (Å²) in [5, 5.41) is 0. The molecule has 9 nitrogen and oxygen atoms in total. The summed E-state index contributed by atoms with van der Waals surface area (Å²) in [5.41, 5.74) is 2.89. The van der Waals surface area contributed by atoms with Crippen molar-refractivity contribution < 1.29 is 30.7 Å². The third-order valence-electron chi connectivity index (χ3n) is 5.24. The molecule has 12 heteroatoms. The molecule has 2 aromatic carbocycles. The highest BCUT2D eigenvalue weighted by Gasteiger charge is 2.29. The van der Waals surface area contributed by atoms with Gasteiger partial charge in [-0.3, -0.25) is 14.0 Å². The van der Waals surface area contributed by atoms with E-state index in [9.17, 15) is 16.8 Å². The van der Waals surface area contributed by atoms with Crippen LogP contribution >= 0.6 is 11.8 Å². The standard InChI is InChI=1S/C21H26N2OS.2CH4O3S/c1-3-24-17-8-9-21-18(15-17)19(23-12-10-22(2)11-13-23)14-16-6-4-5-7-20(16)25-21;2*1-5(2,3)4/h4-9,15,19H,3,10-14H2,1-2H3;2*1H3,(H,2,3,4). The van der Waals surface area contributed by atoms with Gasteiger partial charge >= 0.3 is 0 Å². The van der Waals surface area contributed by atoms with Crippen molar-refractivity contribution in [1.82, 2.24) is 9.80 Å². The number of hydrogen-bond acceptors (Lipinski definition) is 8. The molecule has 0 aliphatic carbocycles. The monoisotopic (exact) mass is 546 g/mol. The zero-order valence-corrected chi connectivity index (χ0v) is 22.9. The van der Waals surface area contributed by atoms with Gasteiger partial charge in [-0.05, 0) is 55.8 Å². The molecule has 2 aliphatic rings. The number of piperazine rings is 1. The summed E-state index contributed by atoms with van der Waals surface area (Å²) in [6.45, 7) is 7.32. The Hall–Kier alpha value is -1.67. The molecule has 1 unspecified atom stereocenters. The fourth-order valence-electron chi connectivity index (χ4n) is 3.80. The van der Waals surface area contributed by atoms with Gasteiger partial charge in [-0.2, -0.15) is 16.8 Å². The van der Waals surface area contributed by atoms with Crippen molar-refractivity contribution in [2.24, 2.45) is 0 Å². The molecule has 0 aromatic heterocycles. The lowest BCUT2D eigenvalue weighted by Gasteiger charge is -2.38. The van der Waals surface area contributed by atoms with Crippen LogP contribution in [-0.4, -0.2) is 88.1 Å². The predicted octanol–water partition coefficient (Wildman–Crippen LogP) is 3.09. The molecule has 2 aliphatic heterocycles. The zero-order chi connectivity index (χ0) is 26.2. The fourth-order valence-corrected chi connectivity index (χ4v) is 4.92. The number of rotatable bonds is 3. The van der Waals surface area contributed by atoms with E-state index in [1.165, 1.54) is 20.9 Å². The van der Waals surface area contributed by atoms with E-state index in [0.717, 1.165) is 38.3 Å². The number of fused-ring (bicyclic) bond motifs is 2. The molecule has 4 rings (SSSR count). The van der Waals surface area contributed by atoms with Crippen molar-refractivity contribution in [3.05, 3.63) is 53.6 Å². The third-order valence-corrected chi connectivity index (χ3v) is 6.45. The lowest BCUT2D eigenvalue weighted by Crippen LogP contribution is -2.46. The van der Waals surface area contributed by atoms with Crippen molar-refractivity contribution in [2.75, 3.05) is 52.3 Å². The molecule has 2 heterocycles. The molecule has 0 bridgehead atoms. The highest BCUT2D eigenvalue weighted by molar-refractivity contribution is 7.99. The fraction of sp³-hybridized carbons (Fsp3) is 0.478. The van der Waals surface area contributed by atoms with Crippen LogP contribution in [0.1, 0.15) is 24.1 Å². The largest absolute Gasteiger partial charge is 0.494 e. The van der Waals surface area contributed by atoms with E-state index >= 15 is 0 Å². The maximum Gasteiger partial charge on any atom is 0.261 e. The van der Waals surface area contributed by atoms with Gasteiger partial charge in [-0.25, -0.2) is 0 Å². The Balaban J connectivity index is 0.000000368. The molecule has 1 fully saturated rings. The van der Waals surface area contributed by atoms with Crippen LogP contribution in [0, 0.1) is 0 Å². The van der Waals surface area contributed by atoms with Crippen LogP contribution in [0.5, 0.6) is 5.75 Å². The van der Waals surface area contributed by atoms with Crippen LogP contribution in [0.3, 0.4) is 0 Å². The van der Waals surface area contributed by atoms with Crippen LogP contribution in [0.15, 0.2) is 52.3 Å². The van der Waals surface area contributed by atoms with Crippen molar-refractivity contribution >= 4 is 32.0 Å². The topological polar surface area (TPSA) is 124 Å². The second-order valence-corrected chi connectivity index (χ2v) is 12.4.